The highest BCUT2D eigenvalue weighted by atomic mass is 35.5. The molecule has 1 heterocycles. The van der Waals surface area contributed by atoms with Gasteiger partial charge in [0.2, 0.25) is 0 Å². The van der Waals surface area contributed by atoms with E-state index in [0.29, 0.717) is 16.3 Å². The Morgan fingerprint density at radius 1 is 0.966 bits per heavy atom. The van der Waals surface area contributed by atoms with Gasteiger partial charge in [-0.25, -0.2) is 9.37 Å². The average Bonchev–Trinajstić information content (AvgIpc) is 3.19. The van der Waals surface area contributed by atoms with Crippen LogP contribution in [0.2, 0.25) is 5.02 Å². The van der Waals surface area contributed by atoms with Gasteiger partial charge in [-0.3, -0.25) is 4.79 Å². The second-order valence-electron chi connectivity index (χ2n) is 6.21. The largest absolute Gasteiger partial charge is 0.332 e. The molecular formula is C22H15ClFN3OS. The molecule has 0 radical (unpaired) electrons. The lowest BCUT2D eigenvalue weighted by Crippen LogP contribution is -2.11. The van der Waals surface area contributed by atoms with Crippen molar-refractivity contribution in [2.75, 3.05) is 10.6 Å². The van der Waals surface area contributed by atoms with Gasteiger partial charge < -0.3 is 10.6 Å². The minimum Gasteiger partial charge on any atom is -0.332 e. The summed E-state index contributed by atoms with van der Waals surface area (Å²) in [5.74, 6) is -0.680. The summed E-state index contributed by atoms with van der Waals surface area (Å²) in [6.07, 6.45) is 0. The van der Waals surface area contributed by atoms with Crippen LogP contribution < -0.4 is 10.6 Å². The maximum atomic E-state index is 13.0. The molecule has 0 bridgehead atoms. The third kappa shape index (κ3) is 4.80. The highest BCUT2D eigenvalue weighted by Crippen LogP contribution is 2.29. The summed E-state index contributed by atoms with van der Waals surface area (Å²) >= 11 is 7.39. The first-order valence-electron chi connectivity index (χ1n) is 8.72. The number of aromatic nitrogens is 1. The standard InChI is InChI=1S/C22H15ClFN3OS/c23-16-6-10-18(11-7-16)26-22-27-20(13-29-22)15-2-1-3-19(12-15)25-21(28)14-4-8-17(24)9-5-14/h1-13H,(H,25,28)(H,26,27). The summed E-state index contributed by atoms with van der Waals surface area (Å²) in [6, 6.07) is 20.2. The van der Waals surface area contributed by atoms with Crippen LogP contribution in [0.25, 0.3) is 11.3 Å². The van der Waals surface area contributed by atoms with Crippen LogP contribution in [-0.2, 0) is 0 Å². The molecule has 0 saturated heterocycles. The molecule has 3 aromatic carbocycles. The van der Waals surface area contributed by atoms with Crippen LogP contribution in [0.1, 0.15) is 10.4 Å². The van der Waals surface area contributed by atoms with E-state index >= 15 is 0 Å². The number of rotatable bonds is 5. The lowest BCUT2D eigenvalue weighted by molar-refractivity contribution is 0.102. The van der Waals surface area contributed by atoms with E-state index in [2.05, 4.69) is 15.6 Å². The molecule has 0 spiro atoms. The van der Waals surface area contributed by atoms with Crippen LogP contribution in [0.5, 0.6) is 0 Å². The Morgan fingerprint density at radius 2 is 1.72 bits per heavy atom. The molecule has 0 aliphatic rings. The van der Waals surface area contributed by atoms with Crippen molar-refractivity contribution in [3.05, 3.63) is 94.6 Å². The topological polar surface area (TPSA) is 54.0 Å². The quantitative estimate of drug-likeness (QED) is 0.380. The van der Waals surface area contributed by atoms with E-state index in [0.717, 1.165) is 22.1 Å². The van der Waals surface area contributed by atoms with Gasteiger partial charge in [0.1, 0.15) is 5.82 Å². The van der Waals surface area contributed by atoms with Gasteiger partial charge in [-0.05, 0) is 60.7 Å². The highest BCUT2D eigenvalue weighted by molar-refractivity contribution is 7.14. The normalized spacial score (nSPS) is 10.6. The van der Waals surface area contributed by atoms with Crippen molar-refractivity contribution in [3.63, 3.8) is 0 Å². The average molecular weight is 424 g/mol. The molecule has 1 aromatic heterocycles. The van der Waals surface area contributed by atoms with Crippen molar-refractivity contribution >= 4 is 45.4 Å². The molecule has 7 heteroatoms. The third-order valence-electron chi connectivity index (χ3n) is 4.12. The van der Waals surface area contributed by atoms with Crippen LogP contribution >= 0.6 is 22.9 Å². The maximum Gasteiger partial charge on any atom is 0.255 e. The molecule has 0 saturated carbocycles. The molecule has 0 fully saturated rings. The Balaban J connectivity index is 1.48. The number of benzene rings is 3. The van der Waals surface area contributed by atoms with Crippen molar-refractivity contribution in [2.45, 2.75) is 0 Å². The fraction of sp³-hybridized carbons (Fsp3) is 0. The zero-order valence-electron chi connectivity index (χ0n) is 15.0. The van der Waals surface area contributed by atoms with Gasteiger partial charge in [-0.2, -0.15) is 0 Å². The zero-order chi connectivity index (χ0) is 20.2. The van der Waals surface area contributed by atoms with E-state index < -0.39 is 0 Å². The van der Waals surface area contributed by atoms with Crippen molar-refractivity contribution in [1.82, 2.24) is 4.98 Å². The summed E-state index contributed by atoms with van der Waals surface area (Å²) < 4.78 is 13.0. The number of nitrogens with one attached hydrogen (secondary N) is 2. The van der Waals surface area contributed by atoms with E-state index in [9.17, 15) is 9.18 Å². The fourth-order valence-corrected chi connectivity index (χ4v) is 3.55. The number of halogens is 2. The van der Waals surface area contributed by atoms with Crippen LogP contribution in [-0.4, -0.2) is 10.9 Å². The summed E-state index contributed by atoms with van der Waals surface area (Å²) in [4.78, 5) is 16.9. The second kappa shape index (κ2) is 8.43. The van der Waals surface area contributed by atoms with E-state index in [4.69, 9.17) is 11.6 Å². The maximum absolute atomic E-state index is 13.0. The molecule has 4 aromatic rings. The number of anilines is 3. The zero-order valence-corrected chi connectivity index (χ0v) is 16.6. The molecule has 144 valence electrons. The van der Waals surface area contributed by atoms with Gasteiger partial charge >= 0.3 is 0 Å². The minimum atomic E-state index is -0.380. The molecule has 0 unspecified atom stereocenters. The summed E-state index contributed by atoms with van der Waals surface area (Å²) in [7, 11) is 0. The Morgan fingerprint density at radius 3 is 2.48 bits per heavy atom. The number of amides is 1. The van der Waals surface area contributed by atoms with Crippen molar-refractivity contribution in [2.24, 2.45) is 0 Å². The van der Waals surface area contributed by atoms with Crippen LogP contribution in [0, 0.1) is 5.82 Å². The third-order valence-corrected chi connectivity index (χ3v) is 5.13. The fourth-order valence-electron chi connectivity index (χ4n) is 2.68. The molecule has 4 nitrogen and oxygen atoms in total. The van der Waals surface area contributed by atoms with Crippen molar-refractivity contribution < 1.29 is 9.18 Å². The SMILES string of the molecule is O=C(Nc1cccc(-c2csc(Nc3ccc(Cl)cc3)n2)c1)c1ccc(F)cc1. The van der Waals surface area contributed by atoms with E-state index in [1.165, 1.54) is 35.6 Å². The predicted molar refractivity (Wildman–Crippen MR) is 117 cm³/mol. The Labute approximate surface area is 176 Å². The number of nitrogens with zero attached hydrogens (tertiary/aromatic N) is 1. The van der Waals surface area contributed by atoms with Gasteiger partial charge in [0.25, 0.3) is 5.91 Å². The summed E-state index contributed by atoms with van der Waals surface area (Å²) in [5, 5.41) is 9.44. The van der Waals surface area contributed by atoms with Gasteiger partial charge in [-0.1, -0.05) is 23.7 Å². The highest BCUT2D eigenvalue weighted by Gasteiger charge is 2.09. The molecule has 4 rings (SSSR count). The van der Waals surface area contributed by atoms with Crippen molar-refractivity contribution in [1.29, 1.82) is 0 Å². The first-order valence-corrected chi connectivity index (χ1v) is 9.98. The molecule has 29 heavy (non-hydrogen) atoms. The summed E-state index contributed by atoms with van der Waals surface area (Å²) in [6.45, 7) is 0. The first kappa shape index (κ1) is 19.1. The lowest BCUT2D eigenvalue weighted by atomic mass is 10.1. The molecule has 2 N–H and O–H groups in total. The van der Waals surface area contributed by atoms with E-state index in [1.807, 2.05) is 47.8 Å². The minimum absolute atomic E-state index is 0.300. The smallest absolute Gasteiger partial charge is 0.255 e. The van der Waals surface area contributed by atoms with E-state index in [1.54, 1.807) is 6.07 Å². The second-order valence-corrected chi connectivity index (χ2v) is 7.51. The molecular weight excluding hydrogens is 409 g/mol. The number of hydrogen-bond acceptors (Lipinski definition) is 4. The Bertz CT molecular complexity index is 1140. The monoisotopic (exact) mass is 423 g/mol. The van der Waals surface area contributed by atoms with Crippen LogP contribution in [0.4, 0.5) is 20.9 Å². The number of hydrogen-bond donors (Lipinski definition) is 2. The number of thiazole rings is 1. The first-order chi connectivity index (χ1) is 14.1. The van der Waals surface area contributed by atoms with Gasteiger partial charge in [0, 0.05) is 32.9 Å². The van der Waals surface area contributed by atoms with Crippen molar-refractivity contribution in [3.8, 4) is 11.3 Å². The Hall–Kier alpha value is -3.22. The Kier molecular flexibility index (Phi) is 5.55. The predicted octanol–water partition coefficient (Wildman–Crippen LogP) is 6.60. The van der Waals surface area contributed by atoms with Gasteiger partial charge in [0.15, 0.2) is 5.13 Å². The number of carbonyl (C=O) groups excluding carboxylic acids is 1. The molecule has 1 amide bonds. The lowest BCUT2D eigenvalue weighted by Gasteiger charge is -2.07. The molecule has 0 atom stereocenters. The number of carbonyl (C=O) groups is 1. The van der Waals surface area contributed by atoms with Gasteiger partial charge in [-0.15, -0.1) is 11.3 Å². The van der Waals surface area contributed by atoms with Crippen LogP contribution in [0.3, 0.4) is 0 Å². The van der Waals surface area contributed by atoms with E-state index in [-0.39, 0.29) is 11.7 Å². The molecule has 0 aliphatic carbocycles. The molecule has 0 aliphatic heterocycles. The van der Waals surface area contributed by atoms with Gasteiger partial charge in [0.05, 0.1) is 5.69 Å². The summed E-state index contributed by atoms with van der Waals surface area (Å²) in [5.41, 5.74) is 3.60. The van der Waals surface area contributed by atoms with Crippen LogP contribution in [0.15, 0.2) is 78.2 Å².